The average molecular weight is 289 g/mol. The topological polar surface area (TPSA) is 83.4 Å². The normalized spacial score (nSPS) is 10.0. The Kier molecular flexibility index (Phi) is 4.65. The van der Waals surface area contributed by atoms with Crippen molar-refractivity contribution >= 4 is 5.97 Å². The van der Waals surface area contributed by atoms with Gasteiger partial charge in [-0.25, -0.2) is 4.79 Å². The Bertz CT molecular complexity index is 606. The van der Waals surface area contributed by atoms with Crippen molar-refractivity contribution in [3.63, 3.8) is 0 Å². The van der Waals surface area contributed by atoms with Crippen LogP contribution in [0.5, 0.6) is 18.0 Å². The maximum atomic E-state index is 12.0. The highest BCUT2D eigenvalue weighted by molar-refractivity contribution is 5.90. The summed E-state index contributed by atoms with van der Waals surface area (Å²) in [5.74, 6) is -0.562. The summed E-state index contributed by atoms with van der Waals surface area (Å²) in [4.78, 5) is 23.5. The summed E-state index contributed by atoms with van der Waals surface area (Å²) in [5, 5.41) is 0. The Hall–Kier alpha value is -2.70. The molecule has 1 heterocycles. The number of aromatic nitrogens is 3. The first-order valence-electron chi connectivity index (χ1n) is 6.31. The van der Waals surface area contributed by atoms with Gasteiger partial charge in [-0.15, -0.1) is 15.0 Å². The third kappa shape index (κ3) is 3.65. The van der Waals surface area contributed by atoms with Gasteiger partial charge in [0.25, 0.3) is 0 Å². The summed E-state index contributed by atoms with van der Waals surface area (Å²) < 4.78 is 14.9. The second kappa shape index (κ2) is 6.65. The maximum Gasteiger partial charge on any atom is 0.345 e. The average Bonchev–Trinajstić information content (AvgIpc) is 2.54. The van der Waals surface area contributed by atoms with E-state index in [9.17, 15) is 4.79 Å². The molecule has 0 aliphatic heterocycles. The number of carbonyl (C=O) groups is 1. The molecule has 1 aromatic carbocycles. The van der Waals surface area contributed by atoms with Crippen molar-refractivity contribution in [2.24, 2.45) is 0 Å². The summed E-state index contributed by atoms with van der Waals surface area (Å²) in [5.41, 5.74) is 1.54. The number of esters is 1. The highest BCUT2D eigenvalue weighted by Gasteiger charge is 2.14. The first kappa shape index (κ1) is 14.7. The molecule has 2 aromatic rings. The first-order chi connectivity index (χ1) is 10.2. The van der Waals surface area contributed by atoms with E-state index in [0.29, 0.717) is 5.56 Å². The van der Waals surface area contributed by atoms with Crippen LogP contribution in [0, 0.1) is 0 Å². The van der Waals surface area contributed by atoms with Crippen LogP contribution in [0.15, 0.2) is 24.3 Å². The van der Waals surface area contributed by atoms with E-state index in [4.69, 9.17) is 14.2 Å². The molecule has 21 heavy (non-hydrogen) atoms. The van der Waals surface area contributed by atoms with E-state index in [0.717, 1.165) is 12.0 Å². The van der Waals surface area contributed by atoms with E-state index in [1.807, 2.05) is 19.1 Å². The number of nitrogens with zero attached hydrogens (tertiary/aromatic N) is 3. The number of rotatable bonds is 5. The highest BCUT2D eigenvalue weighted by Crippen LogP contribution is 2.15. The molecule has 0 radical (unpaired) electrons. The van der Waals surface area contributed by atoms with Gasteiger partial charge in [0.2, 0.25) is 0 Å². The fraction of sp³-hybridized carbons (Fsp3) is 0.286. The molecule has 0 amide bonds. The molecule has 0 bridgehead atoms. The first-order valence-corrected chi connectivity index (χ1v) is 6.31. The monoisotopic (exact) mass is 289 g/mol. The minimum absolute atomic E-state index is 0.00554. The van der Waals surface area contributed by atoms with Crippen molar-refractivity contribution in [2.45, 2.75) is 13.3 Å². The minimum Gasteiger partial charge on any atom is -0.467 e. The van der Waals surface area contributed by atoms with E-state index in [1.165, 1.54) is 14.2 Å². The zero-order valence-corrected chi connectivity index (χ0v) is 12.0. The molecule has 0 saturated heterocycles. The zero-order chi connectivity index (χ0) is 15.2. The smallest absolute Gasteiger partial charge is 0.345 e. The molecule has 0 fully saturated rings. The summed E-state index contributed by atoms with van der Waals surface area (Å²) in [7, 11) is 2.79. The Morgan fingerprint density at radius 2 is 1.48 bits per heavy atom. The van der Waals surface area contributed by atoms with E-state index in [2.05, 4.69) is 15.0 Å². The van der Waals surface area contributed by atoms with Gasteiger partial charge >= 0.3 is 24.0 Å². The second-order valence-electron chi connectivity index (χ2n) is 4.03. The molecule has 2 rings (SSSR count). The van der Waals surface area contributed by atoms with Crippen LogP contribution in [-0.4, -0.2) is 35.1 Å². The van der Waals surface area contributed by atoms with Gasteiger partial charge < -0.3 is 14.2 Å². The van der Waals surface area contributed by atoms with E-state index >= 15 is 0 Å². The molecular weight excluding hydrogens is 274 g/mol. The predicted octanol–water partition coefficient (Wildman–Crippen LogP) is 1.67. The molecule has 0 aliphatic rings. The van der Waals surface area contributed by atoms with Crippen molar-refractivity contribution in [1.82, 2.24) is 15.0 Å². The minimum atomic E-state index is -0.562. The van der Waals surface area contributed by atoms with Crippen LogP contribution in [0.2, 0.25) is 0 Å². The SMILES string of the molecule is CCc1ccc(C(=O)Oc2nc(OC)nc(OC)n2)cc1. The number of benzene rings is 1. The fourth-order valence-electron chi connectivity index (χ4n) is 1.57. The number of ether oxygens (including phenoxy) is 3. The Labute approximate surface area is 121 Å². The Balaban J connectivity index is 2.18. The van der Waals surface area contributed by atoms with Gasteiger partial charge in [-0.3, -0.25) is 0 Å². The summed E-state index contributed by atoms with van der Waals surface area (Å²) in [6, 6.07) is 6.95. The third-order valence-electron chi connectivity index (χ3n) is 2.72. The molecule has 0 unspecified atom stereocenters. The lowest BCUT2D eigenvalue weighted by Gasteiger charge is -2.06. The lowest BCUT2D eigenvalue weighted by atomic mass is 10.1. The van der Waals surface area contributed by atoms with Gasteiger partial charge in [-0.05, 0) is 24.1 Å². The largest absolute Gasteiger partial charge is 0.467 e. The van der Waals surface area contributed by atoms with Crippen LogP contribution in [0.1, 0.15) is 22.8 Å². The van der Waals surface area contributed by atoms with Crippen LogP contribution in [0.25, 0.3) is 0 Å². The van der Waals surface area contributed by atoms with Crippen LogP contribution >= 0.6 is 0 Å². The Morgan fingerprint density at radius 3 is 1.95 bits per heavy atom. The van der Waals surface area contributed by atoms with E-state index in [-0.39, 0.29) is 18.0 Å². The quantitative estimate of drug-likeness (QED) is 0.774. The highest BCUT2D eigenvalue weighted by atomic mass is 16.6. The standard InChI is InChI=1S/C14H15N3O4/c1-4-9-5-7-10(8-6-9)11(18)21-14-16-12(19-2)15-13(17-14)20-3/h5-8H,4H2,1-3H3. The van der Waals surface area contributed by atoms with Gasteiger partial charge in [0.15, 0.2) is 0 Å². The van der Waals surface area contributed by atoms with E-state index < -0.39 is 5.97 Å². The van der Waals surface area contributed by atoms with Crippen molar-refractivity contribution in [3.05, 3.63) is 35.4 Å². The number of aryl methyl sites for hydroxylation is 1. The lowest BCUT2D eigenvalue weighted by molar-refractivity contribution is 0.0716. The van der Waals surface area contributed by atoms with Crippen LogP contribution in [-0.2, 0) is 6.42 Å². The molecule has 7 heteroatoms. The van der Waals surface area contributed by atoms with Crippen molar-refractivity contribution in [2.75, 3.05) is 14.2 Å². The van der Waals surface area contributed by atoms with Gasteiger partial charge in [0.1, 0.15) is 0 Å². The third-order valence-corrected chi connectivity index (χ3v) is 2.72. The van der Waals surface area contributed by atoms with Gasteiger partial charge in [-0.2, -0.15) is 0 Å². The maximum absolute atomic E-state index is 12.0. The summed E-state index contributed by atoms with van der Waals surface area (Å²) in [6.45, 7) is 2.04. The molecule has 0 saturated carbocycles. The number of hydrogen-bond donors (Lipinski definition) is 0. The van der Waals surface area contributed by atoms with Crippen molar-refractivity contribution in [3.8, 4) is 18.0 Å². The van der Waals surface area contributed by atoms with Crippen LogP contribution in [0.4, 0.5) is 0 Å². The second-order valence-corrected chi connectivity index (χ2v) is 4.03. The van der Waals surface area contributed by atoms with Gasteiger partial charge in [-0.1, -0.05) is 19.1 Å². The molecular formula is C14H15N3O4. The summed E-state index contributed by atoms with van der Waals surface area (Å²) >= 11 is 0. The van der Waals surface area contributed by atoms with Crippen molar-refractivity contribution < 1.29 is 19.0 Å². The van der Waals surface area contributed by atoms with Crippen LogP contribution < -0.4 is 14.2 Å². The lowest BCUT2D eigenvalue weighted by Crippen LogP contribution is -2.12. The van der Waals surface area contributed by atoms with Crippen molar-refractivity contribution in [1.29, 1.82) is 0 Å². The molecule has 110 valence electrons. The number of methoxy groups -OCH3 is 2. The van der Waals surface area contributed by atoms with Crippen LogP contribution in [0.3, 0.4) is 0 Å². The molecule has 0 spiro atoms. The zero-order valence-electron chi connectivity index (χ0n) is 12.0. The number of carbonyl (C=O) groups excluding carboxylic acids is 1. The van der Waals surface area contributed by atoms with Gasteiger partial charge in [0, 0.05) is 0 Å². The molecule has 0 atom stereocenters. The summed E-state index contributed by atoms with van der Waals surface area (Å²) in [6.07, 6.45) is 0.900. The van der Waals surface area contributed by atoms with Gasteiger partial charge in [0.05, 0.1) is 19.8 Å². The van der Waals surface area contributed by atoms with E-state index in [1.54, 1.807) is 12.1 Å². The Morgan fingerprint density at radius 1 is 0.952 bits per heavy atom. The molecule has 0 aliphatic carbocycles. The number of hydrogen-bond acceptors (Lipinski definition) is 7. The fourth-order valence-corrected chi connectivity index (χ4v) is 1.57. The molecule has 1 aromatic heterocycles. The molecule has 0 N–H and O–H groups in total. The molecule has 7 nitrogen and oxygen atoms in total. The predicted molar refractivity (Wildman–Crippen MR) is 73.7 cm³/mol.